The van der Waals surface area contributed by atoms with Crippen LogP contribution in [0, 0.1) is 22.2 Å². The van der Waals surface area contributed by atoms with E-state index in [-0.39, 0.29) is 28.2 Å². The third-order valence-corrected chi connectivity index (χ3v) is 5.66. The molecule has 3 aromatic rings. The number of nitrogens with one attached hydrogen (secondary N) is 2. The molecule has 30 heavy (non-hydrogen) atoms. The Balaban J connectivity index is 1.78. The summed E-state index contributed by atoms with van der Waals surface area (Å²) in [5.41, 5.74) is 4.16. The summed E-state index contributed by atoms with van der Waals surface area (Å²) in [6, 6.07) is 7.09. The van der Waals surface area contributed by atoms with E-state index in [9.17, 15) is 9.59 Å². The van der Waals surface area contributed by atoms with Crippen molar-refractivity contribution in [3.05, 3.63) is 51.1 Å². The van der Waals surface area contributed by atoms with Gasteiger partial charge >= 0.3 is 0 Å². The smallest absolute Gasteiger partial charge is 0.277 e. The molecule has 0 unspecified atom stereocenters. The van der Waals surface area contributed by atoms with Crippen molar-refractivity contribution in [3.8, 4) is 0 Å². The van der Waals surface area contributed by atoms with Gasteiger partial charge in [-0.05, 0) is 78.1 Å². The van der Waals surface area contributed by atoms with Gasteiger partial charge < -0.3 is 5.32 Å². The average molecular weight is 522 g/mol. The van der Waals surface area contributed by atoms with Crippen molar-refractivity contribution in [2.75, 3.05) is 11.9 Å². The van der Waals surface area contributed by atoms with Crippen molar-refractivity contribution < 1.29 is 18.8 Å². The molecule has 0 spiro atoms. The first-order chi connectivity index (χ1) is 14.3. The molecule has 2 N–H and O–H groups in total. The van der Waals surface area contributed by atoms with Crippen molar-refractivity contribution in [1.29, 1.82) is 0 Å². The number of hydrogen-bond donors (Lipinski definition) is 2. The van der Waals surface area contributed by atoms with E-state index in [1.54, 1.807) is 0 Å². The molecule has 0 radical (unpaired) electrons. The Hall–Kier alpha value is -2.53. The van der Waals surface area contributed by atoms with Crippen molar-refractivity contribution in [2.24, 2.45) is 5.92 Å². The molecule has 4 rings (SSSR count). The lowest BCUT2D eigenvalue weighted by Gasteiger charge is -2.16. The van der Waals surface area contributed by atoms with Crippen molar-refractivity contribution >= 4 is 56.8 Å². The van der Waals surface area contributed by atoms with Crippen LogP contribution in [0.25, 0.3) is 11.0 Å². The van der Waals surface area contributed by atoms with Crippen molar-refractivity contribution in [1.82, 2.24) is 15.0 Å². The molecule has 1 amide bonds. The zero-order valence-electron chi connectivity index (χ0n) is 16.5. The third kappa shape index (κ3) is 4.17. The van der Waals surface area contributed by atoms with Gasteiger partial charge in [0.1, 0.15) is 11.8 Å². The number of aromatic nitrogens is 2. The van der Waals surface area contributed by atoms with Gasteiger partial charge in [0.15, 0.2) is 5.82 Å². The molecule has 1 aliphatic rings. The Kier molecular flexibility index (Phi) is 5.74. The number of benzene rings is 2. The van der Waals surface area contributed by atoms with Crippen LogP contribution in [0.1, 0.15) is 40.5 Å². The fourth-order valence-electron chi connectivity index (χ4n) is 3.14. The zero-order valence-corrected chi connectivity index (χ0v) is 18.6. The second-order valence-electron chi connectivity index (χ2n) is 7.38. The number of aryl methyl sites for hydroxylation is 1. The van der Waals surface area contributed by atoms with E-state index < -0.39 is 11.7 Å². The van der Waals surface area contributed by atoms with E-state index in [0.29, 0.717) is 18.2 Å². The zero-order chi connectivity index (χ0) is 21.4. The molecule has 0 atom stereocenters. The largest absolute Gasteiger partial charge is 0.352 e. The summed E-state index contributed by atoms with van der Waals surface area (Å²) in [7, 11) is 0. The Morgan fingerprint density at radius 3 is 2.77 bits per heavy atom. The highest BCUT2D eigenvalue weighted by Crippen LogP contribution is 2.33. The molecule has 1 heterocycles. The van der Waals surface area contributed by atoms with Crippen LogP contribution in [-0.4, -0.2) is 28.0 Å². The monoisotopic (exact) mass is 522 g/mol. The number of fused-ring (bicyclic) bond motifs is 1. The quantitative estimate of drug-likeness (QED) is 0.366. The van der Waals surface area contributed by atoms with Gasteiger partial charge in [0.25, 0.3) is 5.91 Å². The van der Waals surface area contributed by atoms with Gasteiger partial charge in [-0.15, -0.1) is 0 Å². The Morgan fingerprint density at radius 1 is 1.33 bits per heavy atom. The summed E-state index contributed by atoms with van der Waals surface area (Å²) >= 11 is 2.19. The lowest BCUT2D eigenvalue weighted by molar-refractivity contribution is 0.0271. The summed E-state index contributed by atoms with van der Waals surface area (Å²) in [5, 5.41) is 3.03. The van der Waals surface area contributed by atoms with Gasteiger partial charge in [-0.3, -0.25) is 19.0 Å². The summed E-state index contributed by atoms with van der Waals surface area (Å²) < 4.78 is 17.8. The number of rotatable bonds is 6. The third-order valence-electron chi connectivity index (χ3n) is 4.99. The Labute approximate surface area is 186 Å². The fourth-order valence-corrected chi connectivity index (χ4v) is 3.79. The van der Waals surface area contributed by atoms with Crippen molar-refractivity contribution in [3.63, 3.8) is 0 Å². The highest BCUT2D eigenvalue weighted by molar-refractivity contribution is 14.1. The fraction of sp³-hybridized carbons (Fsp3) is 0.286. The van der Waals surface area contributed by atoms with Crippen LogP contribution in [0.5, 0.6) is 0 Å². The summed E-state index contributed by atoms with van der Waals surface area (Å²) in [6.45, 7) is 3.64. The first-order valence-corrected chi connectivity index (χ1v) is 10.6. The van der Waals surface area contributed by atoms with Crippen LogP contribution in [0.4, 0.5) is 15.8 Å². The second-order valence-corrected chi connectivity index (χ2v) is 8.63. The van der Waals surface area contributed by atoms with Crippen LogP contribution in [0.3, 0.4) is 0 Å². The highest BCUT2D eigenvalue weighted by atomic mass is 127. The van der Waals surface area contributed by atoms with Gasteiger partial charge in [0.2, 0.25) is 5.91 Å². The number of amides is 1. The van der Waals surface area contributed by atoms with E-state index in [1.807, 2.05) is 25.1 Å². The number of nitrogens with zero attached hydrogens (tertiary/aromatic N) is 2. The normalized spacial score (nSPS) is 13.5. The Morgan fingerprint density at radius 2 is 2.10 bits per heavy atom. The molecule has 0 aliphatic heterocycles. The van der Waals surface area contributed by atoms with Crippen LogP contribution >= 0.6 is 22.6 Å². The molecule has 7 nitrogen and oxygen atoms in total. The minimum absolute atomic E-state index is 0.0172. The number of hydrogen-bond acceptors (Lipinski definition) is 5. The number of carbonyl (C=O) groups is 2. The maximum absolute atomic E-state index is 15.6. The summed E-state index contributed by atoms with van der Waals surface area (Å²) in [4.78, 5) is 34.1. The topological polar surface area (TPSA) is 85.2 Å². The van der Waals surface area contributed by atoms with E-state index in [2.05, 4.69) is 38.4 Å². The highest BCUT2D eigenvalue weighted by Gasteiger charge is 2.25. The predicted octanol–water partition coefficient (Wildman–Crippen LogP) is 4.56. The van der Waals surface area contributed by atoms with E-state index in [1.165, 1.54) is 19.3 Å². The van der Waals surface area contributed by atoms with Crippen LogP contribution in [0.2, 0.25) is 0 Å². The van der Waals surface area contributed by atoms with E-state index in [4.69, 9.17) is 4.84 Å². The number of halogens is 2. The van der Waals surface area contributed by atoms with Crippen LogP contribution in [-0.2, 0) is 4.84 Å². The molecule has 1 fully saturated rings. The lowest BCUT2D eigenvalue weighted by Crippen LogP contribution is -2.26. The average Bonchev–Trinajstić information content (AvgIpc) is 3.41. The van der Waals surface area contributed by atoms with Crippen LogP contribution < -0.4 is 10.8 Å². The van der Waals surface area contributed by atoms with Gasteiger partial charge in [-0.1, -0.05) is 0 Å². The van der Waals surface area contributed by atoms with Gasteiger partial charge in [-0.2, -0.15) is 0 Å². The van der Waals surface area contributed by atoms with E-state index in [0.717, 1.165) is 26.5 Å². The first kappa shape index (κ1) is 20.7. The number of imidazole rings is 1. The molecule has 0 saturated heterocycles. The van der Waals surface area contributed by atoms with Gasteiger partial charge in [0.05, 0.1) is 23.4 Å². The standard InChI is InChI=1S/C21H20FIN4O3/c1-11-7-14(23)5-6-16(11)25-19-15(21(29)26-30-9-13-3-4-13)8-17-20(18(19)22)27(10-24-17)12(2)28/h5-8,10,13,25H,3-4,9H2,1-2H3,(H,26,29). The molecule has 0 bridgehead atoms. The minimum Gasteiger partial charge on any atom is -0.352 e. The molecule has 9 heteroatoms. The Bertz CT molecular complexity index is 1160. The maximum Gasteiger partial charge on any atom is 0.277 e. The maximum atomic E-state index is 15.6. The van der Waals surface area contributed by atoms with Crippen LogP contribution in [0.15, 0.2) is 30.6 Å². The summed E-state index contributed by atoms with van der Waals surface area (Å²) in [6.07, 6.45) is 3.41. The molecular weight excluding hydrogens is 502 g/mol. The SMILES string of the molecule is CC(=O)n1cnc2cc(C(=O)NOCC3CC3)c(Nc3ccc(I)cc3C)c(F)c21. The van der Waals surface area contributed by atoms with Crippen molar-refractivity contribution in [2.45, 2.75) is 26.7 Å². The molecule has 1 aromatic heterocycles. The predicted molar refractivity (Wildman–Crippen MR) is 119 cm³/mol. The molecule has 2 aromatic carbocycles. The second kappa shape index (κ2) is 8.31. The summed E-state index contributed by atoms with van der Waals surface area (Å²) in [5.74, 6) is -1.23. The van der Waals surface area contributed by atoms with Gasteiger partial charge in [-0.25, -0.2) is 14.9 Å². The molecule has 156 valence electrons. The van der Waals surface area contributed by atoms with Gasteiger partial charge in [0, 0.05) is 16.2 Å². The molecule has 1 aliphatic carbocycles. The lowest BCUT2D eigenvalue weighted by atomic mass is 10.1. The number of anilines is 2. The number of carbonyl (C=O) groups excluding carboxylic acids is 2. The van der Waals surface area contributed by atoms with E-state index >= 15 is 4.39 Å². The molecule has 1 saturated carbocycles. The number of hydroxylamine groups is 1. The molecular formula is C21H20FIN4O3. The minimum atomic E-state index is -0.731. The first-order valence-electron chi connectivity index (χ1n) is 9.51.